The maximum absolute atomic E-state index is 9.61. The monoisotopic (exact) mass is 293 g/mol. The average Bonchev–Trinajstić information content (AvgIpc) is 2.89. The van der Waals surface area contributed by atoms with Crippen LogP contribution in [0.25, 0.3) is 0 Å². The van der Waals surface area contributed by atoms with E-state index in [2.05, 4.69) is 11.0 Å². The molecule has 1 atom stereocenters. The Morgan fingerprint density at radius 1 is 1.14 bits per heavy atom. The van der Waals surface area contributed by atoms with Gasteiger partial charge in [-0.2, -0.15) is 0 Å². The van der Waals surface area contributed by atoms with Crippen LogP contribution < -0.4 is 0 Å². The van der Waals surface area contributed by atoms with Crippen molar-refractivity contribution in [2.45, 2.75) is 32.7 Å². The minimum absolute atomic E-state index is 0.365. The summed E-state index contributed by atoms with van der Waals surface area (Å²) in [4.78, 5) is 2.45. The van der Waals surface area contributed by atoms with Gasteiger partial charge >= 0.3 is 0 Å². The maximum atomic E-state index is 9.61. The number of fused-ring (bicyclic) bond motifs is 1. The van der Waals surface area contributed by atoms with Crippen LogP contribution in [0, 0.1) is 0 Å². The molecule has 0 aromatic heterocycles. The van der Waals surface area contributed by atoms with Gasteiger partial charge < -0.3 is 14.6 Å². The third-order valence-electron chi connectivity index (χ3n) is 4.07. The topological polar surface area (TPSA) is 41.9 Å². The first-order valence-corrected chi connectivity index (χ1v) is 7.97. The fraction of sp³-hybridized carbons (Fsp3) is 0.647. The molecule has 0 radical (unpaired) electrons. The molecule has 0 bridgehead atoms. The number of ether oxygens (including phenoxy) is 2. The highest BCUT2D eigenvalue weighted by Crippen LogP contribution is 2.37. The van der Waals surface area contributed by atoms with Crippen LogP contribution in [0.5, 0.6) is 5.75 Å². The normalized spacial score (nSPS) is 17.4. The molecule has 4 nitrogen and oxygen atoms in total. The van der Waals surface area contributed by atoms with Crippen molar-refractivity contribution in [3.63, 3.8) is 0 Å². The molecule has 1 aliphatic carbocycles. The molecule has 0 amide bonds. The number of hydrogen-bond donors (Lipinski definition) is 1. The number of phenolic OH excluding ortho intramolecular Hbond substituents is 1. The fourth-order valence-electron chi connectivity index (χ4n) is 3.04. The highest BCUT2D eigenvalue weighted by atomic mass is 16.5. The molecule has 118 valence electrons. The van der Waals surface area contributed by atoms with Crippen molar-refractivity contribution < 1.29 is 14.6 Å². The zero-order valence-electron chi connectivity index (χ0n) is 13.2. The predicted molar refractivity (Wildman–Crippen MR) is 83.7 cm³/mol. The van der Waals surface area contributed by atoms with Crippen molar-refractivity contribution in [2.24, 2.45) is 0 Å². The molecule has 21 heavy (non-hydrogen) atoms. The lowest BCUT2D eigenvalue weighted by Gasteiger charge is -2.29. The Morgan fingerprint density at radius 2 is 1.81 bits per heavy atom. The van der Waals surface area contributed by atoms with Gasteiger partial charge in [0.15, 0.2) is 0 Å². The van der Waals surface area contributed by atoms with Gasteiger partial charge in [-0.1, -0.05) is 6.07 Å². The molecule has 2 rings (SSSR count). The van der Waals surface area contributed by atoms with E-state index in [9.17, 15) is 5.11 Å². The van der Waals surface area contributed by atoms with Crippen LogP contribution in [0.3, 0.4) is 0 Å². The molecule has 1 aromatic carbocycles. The quantitative estimate of drug-likeness (QED) is 0.711. The SMILES string of the molecule is CCOCCN(CCOCC)C1CCc2cc(O)ccc21. The van der Waals surface area contributed by atoms with E-state index < -0.39 is 0 Å². The average molecular weight is 293 g/mol. The van der Waals surface area contributed by atoms with Gasteiger partial charge in [-0.15, -0.1) is 0 Å². The van der Waals surface area contributed by atoms with Gasteiger partial charge in [-0.3, -0.25) is 4.90 Å². The highest BCUT2D eigenvalue weighted by Gasteiger charge is 2.27. The highest BCUT2D eigenvalue weighted by molar-refractivity contribution is 5.40. The molecule has 0 saturated carbocycles. The van der Waals surface area contributed by atoms with Crippen molar-refractivity contribution in [2.75, 3.05) is 39.5 Å². The first-order valence-electron chi connectivity index (χ1n) is 7.97. The van der Waals surface area contributed by atoms with Crippen LogP contribution in [0.15, 0.2) is 18.2 Å². The first-order chi connectivity index (χ1) is 10.3. The van der Waals surface area contributed by atoms with E-state index >= 15 is 0 Å². The smallest absolute Gasteiger partial charge is 0.115 e. The Morgan fingerprint density at radius 3 is 2.43 bits per heavy atom. The van der Waals surface area contributed by atoms with Crippen LogP contribution in [-0.2, 0) is 15.9 Å². The Hall–Kier alpha value is -1.10. The Labute approximate surface area is 127 Å². The lowest BCUT2D eigenvalue weighted by molar-refractivity contribution is 0.0626. The van der Waals surface area contributed by atoms with Gasteiger partial charge in [-0.25, -0.2) is 0 Å². The van der Waals surface area contributed by atoms with Gasteiger partial charge in [-0.05, 0) is 49.9 Å². The van der Waals surface area contributed by atoms with E-state index in [0.29, 0.717) is 11.8 Å². The van der Waals surface area contributed by atoms with Gasteiger partial charge in [0.25, 0.3) is 0 Å². The number of benzene rings is 1. The van der Waals surface area contributed by atoms with Gasteiger partial charge in [0.1, 0.15) is 5.75 Å². The maximum Gasteiger partial charge on any atom is 0.115 e. The van der Waals surface area contributed by atoms with E-state index in [1.165, 1.54) is 11.1 Å². The summed E-state index contributed by atoms with van der Waals surface area (Å²) in [6.07, 6.45) is 2.14. The molecule has 0 spiro atoms. The van der Waals surface area contributed by atoms with Gasteiger partial charge in [0.2, 0.25) is 0 Å². The van der Waals surface area contributed by atoms with Gasteiger partial charge in [0, 0.05) is 32.3 Å². The fourth-order valence-corrected chi connectivity index (χ4v) is 3.04. The summed E-state index contributed by atoms with van der Waals surface area (Å²) in [6, 6.07) is 6.18. The minimum atomic E-state index is 0.365. The number of aryl methyl sites for hydroxylation is 1. The second-order valence-corrected chi connectivity index (χ2v) is 5.37. The summed E-state index contributed by atoms with van der Waals surface area (Å²) in [6.45, 7) is 8.93. The summed E-state index contributed by atoms with van der Waals surface area (Å²) < 4.78 is 11.0. The minimum Gasteiger partial charge on any atom is -0.508 e. The third-order valence-corrected chi connectivity index (χ3v) is 4.07. The second kappa shape index (κ2) is 8.37. The first kappa shape index (κ1) is 16.3. The number of rotatable bonds is 9. The van der Waals surface area contributed by atoms with Crippen molar-refractivity contribution in [3.05, 3.63) is 29.3 Å². The van der Waals surface area contributed by atoms with E-state index in [0.717, 1.165) is 52.4 Å². The molecule has 0 heterocycles. The predicted octanol–water partition coefficient (Wildman–Crippen LogP) is 2.75. The van der Waals surface area contributed by atoms with Crippen LogP contribution in [-0.4, -0.2) is 49.5 Å². The molecule has 1 aliphatic rings. The van der Waals surface area contributed by atoms with E-state index in [1.54, 1.807) is 6.07 Å². The Bertz CT molecular complexity index is 426. The summed E-state index contributed by atoms with van der Waals surface area (Å²) >= 11 is 0. The number of nitrogens with zero attached hydrogens (tertiary/aromatic N) is 1. The molecule has 0 saturated heterocycles. The molecular weight excluding hydrogens is 266 g/mol. The molecule has 1 unspecified atom stereocenters. The largest absolute Gasteiger partial charge is 0.508 e. The third kappa shape index (κ3) is 4.43. The molecular formula is C17H27NO3. The number of aromatic hydroxyl groups is 1. The van der Waals surface area contributed by atoms with Gasteiger partial charge in [0.05, 0.1) is 13.2 Å². The molecule has 1 aromatic rings. The molecule has 0 fully saturated rings. The zero-order chi connectivity index (χ0) is 15.1. The van der Waals surface area contributed by atoms with Crippen molar-refractivity contribution >= 4 is 0 Å². The van der Waals surface area contributed by atoms with E-state index in [-0.39, 0.29) is 0 Å². The second-order valence-electron chi connectivity index (χ2n) is 5.37. The van der Waals surface area contributed by atoms with Crippen LogP contribution >= 0.6 is 0 Å². The standard InChI is InChI=1S/C17H27NO3/c1-3-20-11-9-18(10-12-21-4-2)17-8-5-14-13-15(19)6-7-16(14)17/h6-7,13,17,19H,3-5,8-12H2,1-2H3. The van der Waals surface area contributed by atoms with Crippen molar-refractivity contribution in [3.8, 4) is 5.75 Å². The van der Waals surface area contributed by atoms with E-state index in [4.69, 9.17) is 9.47 Å². The Kier molecular flexibility index (Phi) is 6.49. The number of hydrogen-bond acceptors (Lipinski definition) is 4. The molecule has 1 N–H and O–H groups in total. The number of phenols is 1. The van der Waals surface area contributed by atoms with Crippen molar-refractivity contribution in [1.82, 2.24) is 4.90 Å². The summed E-state index contributed by atoms with van der Waals surface area (Å²) in [7, 11) is 0. The van der Waals surface area contributed by atoms with Crippen LogP contribution in [0.1, 0.15) is 37.4 Å². The zero-order valence-corrected chi connectivity index (χ0v) is 13.2. The summed E-state index contributed by atoms with van der Waals surface area (Å²) in [5.74, 6) is 0.365. The lowest BCUT2D eigenvalue weighted by atomic mass is 10.1. The van der Waals surface area contributed by atoms with Crippen LogP contribution in [0.4, 0.5) is 0 Å². The lowest BCUT2D eigenvalue weighted by Crippen LogP contribution is -2.34. The van der Waals surface area contributed by atoms with Crippen molar-refractivity contribution in [1.29, 1.82) is 0 Å². The van der Waals surface area contributed by atoms with Crippen LogP contribution in [0.2, 0.25) is 0 Å². The van der Waals surface area contributed by atoms with E-state index in [1.807, 2.05) is 19.9 Å². The molecule has 4 heteroatoms. The molecule has 0 aliphatic heterocycles. The Balaban J connectivity index is 2.03. The summed E-state index contributed by atoms with van der Waals surface area (Å²) in [5, 5.41) is 9.61. The summed E-state index contributed by atoms with van der Waals surface area (Å²) in [5.41, 5.74) is 2.62.